The third-order valence-corrected chi connectivity index (χ3v) is 3.18. The number of nitrogen functional groups attached to an aromatic ring is 1. The van der Waals surface area contributed by atoms with E-state index in [0.717, 1.165) is 18.6 Å². The highest BCUT2D eigenvalue weighted by molar-refractivity contribution is 5.60. The first kappa shape index (κ1) is 16.4. The first-order valence-electron chi connectivity index (χ1n) is 7.50. The van der Waals surface area contributed by atoms with Crippen LogP contribution in [0, 0.1) is 0 Å². The lowest BCUT2D eigenvalue weighted by molar-refractivity contribution is -0.158. The Morgan fingerprint density at radius 1 is 1.18 bits per heavy atom. The summed E-state index contributed by atoms with van der Waals surface area (Å²) in [5.41, 5.74) is 5.81. The first-order chi connectivity index (χ1) is 10.3. The number of piperidine rings is 1. The van der Waals surface area contributed by atoms with Crippen molar-refractivity contribution < 1.29 is 19.1 Å². The fourth-order valence-corrected chi connectivity index (χ4v) is 2.15. The predicted octanol–water partition coefficient (Wildman–Crippen LogP) is 2.98. The highest BCUT2D eigenvalue weighted by Crippen LogP contribution is 2.20. The summed E-state index contributed by atoms with van der Waals surface area (Å²) >= 11 is 0. The van der Waals surface area contributed by atoms with E-state index in [1.165, 1.54) is 0 Å². The van der Waals surface area contributed by atoms with Crippen molar-refractivity contribution in [2.24, 2.45) is 0 Å². The fourth-order valence-electron chi connectivity index (χ4n) is 2.15. The average Bonchev–Trinajstić information content (AvgIpc) is 2.41. The molecule has 2 N–H and O–H groups in total. The molecule has 122 valence electrons. The topological polar surface area (TPSA) is 74.0 Å². The summed E-state index contributed by atoms with van der Waals surface area (Å²) in [4.78, 5) is 16.8. The molecule has 0 spiro atoms. The van der Waals surface area contributed by atoms with Gasteiger partial charge in [-0.05, 0) is 45.0 Å². The van der Waals surface area contributed by atoms with Crippen LogP contribution in [-0.2, 0) is 9.57 Å². The normalized spacial score (nSPS) is 17.0. The van der Waals surface area contributed by atoms with Gasteiger partial charge in [0.15, 0.2) is 0 Å². The third kappa shape index (κ3) is 5.44. The van der Waals surface area contributed by atoms with Crippen LogP contribution < -0.4 is 10.5 Å². The molecular weight excluding hydrogens is 284 g/mol. The van der Waals surface area contributed by atoms with Crippen molar-refractivity contribution in [2.45, 2.75) is 45.3 Å². The van der Waals surface area contributed by atoms with E-state index in [1.54, 1.807) is 25.8 Å². The summed E-state index contributed by atoms with van der Waals surface area (Å²) in [6.07, 6.45) is 1.02. The molecule has 0 saturated carbocycles. The maximum atomic E-state index is 11.6. The van der Waals surface area contributed by atoms with Gasteiger partial charge in [0, 0.05) is 31.6 Å². The lowest BCUT2D eigenvalue weighted by atomic mass is 10.1. The Morgan fingerprint density at radius 2 is 1.77 bits per heavy atom. The second-order valence-corrected chi connectivity index (χ2v) is 6.37. The van der Waals surface area contributed by atoms with E-state index in [9.17, 15) is 4.79 Å². The van der Waals surface area contributed by atoms with Gasteiger partial charge in [-0.25, -0.2) is 4.79 Å². The van der Waals surface area contributed by atoms with Crippen LogP contribution in [0.4, 0.5) is 10.5 Å². The third-order valence-electron chi connectivity index (χ3n) is 3.18. The Morgan fingerprint density at radius 3 is 2.32 bits per heavy atom. The lowest BCUT2D eigenvalue weighted by Crippen LogP contribution is -2.40. The number of hydrogen-bond donors (Lipinski definition) is 1. The Balaban J connectivity index is 1.73. The van der Waals surface area contributed by atoms with E-state index in [2.05, 4.69) is 0 Å². The number of nitrogens with zero attached hydrogens (tertiary/aromatic N) is 1. The standard InChI is InChI=1S/C16H24N2O4/c1-16(2,3)21-15(19)22-18-10-8-14(9-11-18)20-13-6-4-12(17)5-7-13/h4-7,14H,8-11,17H2,1-3H3. The van der Waals surface area contributed by atoms with Crippen LogP contribution in [-0.4, -0.2) is 36.0 Å². The van der Waals surface area contributed by atoms with Crippen molar-refractivity contribution in [3.05, 3.63) is 24.3 Å². The molecule has 1 aromatic rings. The Kier molecular flexibility index (Phi) is 5.13. The minimum absolute atomic E-state index is 0.113. The van der Waals surface area contributed by atoms with Gasteiger partial charge < -0.3 is 20.0 Å². The first-order valence-corrected chi connectivity index (χ1v) is 7.50. The summed E-state index contributed by atoms with van der Waals surface area (Å²) < 4.78 is 11.0. The van der Waals surface area contributed by atoms with E-state index in [0.29, 0.717) is 18.8 Å². The molecule has 0 atom stereocenters. The summed E-state index contributed by atoms with van der Waals surface area (Å²) in [5.74, 6) is 0.806. The molecule has 22 heavy (non-hydrogen) atoms. The largest absolute Gasteiger partial charge is 0.528 e. The number of rotatable bonds is 3. The van der Waals surface area contributed by atoms with Gasteiger partial charge in [0.25, 0.3) is 0 Å². The van der Waals surface area contributed by atoms with Gasteiger partial charge in [0.1, 0.15) is 17.5 Å². The van der Waals surface area contributed by atoms with Crippen LogP contribution in [0.5, 0.6) is 5.75 Å². The zero-order valence-electron chi connectivity index (χ0n) is 13.4. The molecular formula is C16H24N2O4. The predicted molar refractivity (Wildman–Crippen MR) is 83.4 cm³/mol. The van der Waals surface area contributed by atoms with Gasteiger partial charge in [-0.2, -0.15) is 0 Å². The fraction of sp³-hybridized carbons (Fsp3) is 0.562. The maximum absolute atomic E-state index is 11.6. The summed E-state index contributed by atoms with van der Waals surface area (Å²) in [6.45, 7) is 6.67. The highest BCUT2D eigenvalue weighted by atomic mass is 16.8. The second-order valence-electron chi connectivity index (χ2n) is 6.37. The van der Waals surface area contributed by atoms with Crippen molar-refractivity contribution in [1.29, 1.82) is 0 Å². The maximum Gasteiger partial charge on any atom is 0.528 e. The average molecular weight is 308 g/mol. The Bertz CT molecular complexity index is 488. The van der Waals surface area contributed by atoms with Gasteiger partial charge in [-0.1, -0.05) is 0 Å². The number of carbonyl (C=O) groups excluding carboxylic acids is 1. The number of hydrogen-bond acceptors (Lipinski definition) is 6. The van der Waals surface area contributed by atoms with Crippen LogP contribution >= 0.6 is 0 Å². The molecule has 1 aliphatic rings. The van der Waals surface area contributed by atoms with E-state index in [4.69, 9.17) is 20.0 Å². The van der Waals surface area contributed by atoms with Gasteiger partial charge >= 0.3 is 6.16 Å². The molecule has 6 heteroatoms. The molecule has 0 amide bonds. The number of hydroxylamine groups is 2. The van der Waals surface area contributed by atoms with Crippen LogP contribution in [0.15, 0.2) is 24.3 Å². The van der Waals surface area contributed by atoms with Crippen molar-refractivity contribution in [3.63, 3.8) is 0 Å². The van der Waals surface area contributed by atoms with Crippen molar-refractivity contribution in [1.82, 2.24) is 5.06 Å². The van der Waals surface area contributed by atoms with Crippen molar-refractivity contribution in [3.8, 4) is 5.75 Å². The molecule has 0 radical (unpaired) electrons. The number of nitrogens with two attached hydrogens (primary N) is 1. The molecule has 2 rings (SSSR count). The van der Waals surface area contributed by atoms with Crippen LogP contribution in [0.1, 0.15) is 33.6 Å². The molecule has 0 aliphatic carbocycles. The number of carbonyl (C=O) groups is 1. The molecule has 1 saturated heterocycles. The highest BCUT2D eigenvalue weighted by Gasteiger charge is 2.25. The summed E-state index contributed by atoms with van der Waals surface area (Å²) in [6, 6.07) is 7.35. The van der Waals surface area contributed by atoms with Crippen LogP contribution in [0.2, 0.25) is 0 Å². The van der Waals surface area contributed by atoms with E-state index in [1.807, 2.05) is 24.3 Å². The zero-order valence-corrected chi connectivity index (χ0v) is 13.4. The quantitative estimate of drug-likeness (QED) is 0.683. The molecule has 1 aliphatic heterocycles. The summed E-state index contributed by atoms with van der Waals surface area (Å²) in [7, 11) is 0. The number of ether oxygens (including phenoxy) is 2. The number of anilines is 1. The van der Waals surface area contributed by atoms with Crippen molar-refractivity contribution >= 4 is 11.8 Å². The second kappa shape index (κ2) is 6.87. The molecule has 0 unspecified atom stereocenters. The molecule has 6 nitrogen and oxygen atoms in total. The minimum atomic E-state index is -0.662. The molecule has 1 heterocycles. The van der Waals surface area contributed by atoms with E-state index < -0.39 is 11.8 Å². The van der Waals surface area contributed by atoms with E-state index in [-0.39, 0.29) is 6.10 Å². The molecule has 0 bridgehead atoms. The SMILES string of the molecule is CC(C)(C)OC(=O)ON1CCC(Oc2ccc(N)cc2)CC1. The van der Waals surface area contributed by atoms with Gasteiger partial charge in [-0.3, -0.25) is 0 Å². The lowest BCUT2D eigenvalue weighted by Gasteiger charge is -2.31. The smallest absolute Gasteiger partial charge is 0.490 e. The van der Waals surface area contributed by atoms with E-state index >= 15 is 0 Å². The molecule has 1 aromatic carbocycles. The van der Waals surface area contributed by atoms with Gasteiger partial charge in [0.2, 0.25) is 0 Å². The summed E-state index contributed by atoms with van der Waals surface area (Å²) in [5, 5.41) is 1.62. The van der Waals surface area contributed by atoms with Gasteiger partial charge in [-0.15, -0.1) is 5.06 Å². The van der Waals surface area contributed by atoms with Crippen LogP contribution in [0.3, 0.4) is 0 Å². The van der Waals surface area contributed by atoms with Gasteiger partial charge in [0.05, 0.1) is 0 Å². The Labute approximate surface area is 131 Å². The van der Waals surface area contributed by atoms with Crippen molar-refractivity contribution in [2.75, 3.05) is 18.8 Å². The van der Waals surface area contributed by atoms with Crippen LogP contribution in [0.25, 0.3) is 0 Å². The monoisotopic (exact) mass is 308 g/mol. The Hall–Kier alpha value is -1.95. The molecule has 0 aromatic heterocycles. The number of benzene rings is 1. The zero-order chi connectivity index (χ0) is 16.2. The molecule has 1 fully saturated rings. The minimum Gasteiger partial charge on any atom is -0.490 e.